The van der Waals surface area contributed by atoms with Crippen molar-refractivity contribution in [2.24, 2.45) is 0 Å². The zero-order valence-electron chi connectivity index (χ0n) is 11.6. The molecule has 3 aromatic rings. The van der Waals surface area contributed by atoms with Gasteiger partial charge >= 0.3 is 0 Å². The van der Waals surface area contributed by atoms with E-state index in [1.807, 2.05) is 37.3 Å². The van der Waals surface area contributed by atoms with Crippen molar-refractivity contribution in [1.29, 1.82) is 0 Å². The van der Waals surface area contributed by atoms with Gasteiger partial charge in [-0.3, -0.25) is 4.79 Å². The molecule has 0 aliphatic rings. The van der Waals surface area contributed by atoms with Crippen LogP contribution in [0.1, 0.15) is 5.69 Å². The fraction of sp³-hybridized carbons (Fsp3) is 0.143. The molecule has 0 spiro atoms. The molecule has 21 heavy (non-hydrogen) atoms. The predicted octanol–water partition coefficient (Wildman–Crippen LogP) is 2.10. The quantitative estimate of drug-likeness (QED) is 0.802. The van der Waals surface area contributed by atoms with Gasteiger partial charge in [0.2, 0.25) is 10.6 Å². The molecule has 2 heterocycles. The van der Waals surface area contributed by atoms with Crippen molar-refractivity contribution < 1.29 is 0 Å². The lowest BCUT2D eigenvalue weighted by Crippen LogP contribution is -2.15. The molecule has 3 rings (SSSR count). The minimum absolute atomic E-state index is 0.154. The molecule has 0 fully saturated rings. The highest BCUT2D eigenvalue weighted by Gasteiger charge is 2.14. The topological polar surface area (TPSA) is 72.7 Å². The van der Waals surface area contributed by atoms with Gasteiger partial charge in [-0.2, -0.15) is 5.10 Å². The van der Waals surface area contributed by atoms with Gasteiger partial charge in [-0.15, -0.1) is 10.2 Å². The standard InChI is InChI=1S/C14H13N5OS/c1-9-8-11(20)12(13-16-17-14(15-2)21-13)18-19(9)10-6-4-3-5-7-10/h3-8H,1-2H3,(H,15,17). The van der Waals surface area contributed by atoms with Gasteiger partial charge in [0.1, 0.15) is 0 Å². The molecule has 0 saturated carbocycles. The Kier molecular flexibility index (Phi) is 3.49. The van der Waals surface area contributed by atoms with Crippen LogP contribution >= 0.6 is 11.3 Å². The number of hydrogen-bond acceptors (Lipinski definition) is 6. The summed E-state index contributed by atoms with van der Waals surface area (Å²) in [5, 5.41) is 16.5. The van der Waals surface area contributed by atoms with Crippen LogP contribution in [0.4, 0.5) is 5.13 Å². The van der Waals surface area contributed by atoms with Crippen LogP contribution in [0, 0.1) is 6.92 Å². The average Bonchev–Trinajstić information content (AvgIpc) is 2.97. The summed E-state index contributed by atoms with van der Waals surface area (Å²) in [6.45, 7) is 1.85. The van der Waals surface area contributed by atoms with Crippen molar-refractivity contribution in [3.63, 3.8) is 0 Å². The van der Waals surface area contributed by atoms with Crippen LogP contribution in [-0.2, 0) is 0 Å². The molecule has 0 saturated heterocycles. The molecule has 0 bridgehead atoms. The molecule has 2 aromatic heterocycles. The summed E-state index contributed by atoms with van der Waals surface area (Å²) in [5.41, 5.74) is 1.82. The summed E-state index contributed by atoms with van der Waals surface area (Å²) in [7, 11) is 1.76. The van der Waals surface area contributed by atoms with Gasteiger partial charge in [0.05, 0.1) is 5.69 Å². The third-order valence-corrected chi connectivity index (χ3v) is 3.90. The largest absolute Gasteiger partial charge is 0.363 e. The van der Waals surface area contributed by atoms with Crippen LogP contribution in [0.3, 0.4) is 0 Å². The zero-order chi connectivity index (χ0) is 14.8. The van der Waals surface area contributed by atoms with Gasteiger partial charge in [0, 0.05) is 18.8 Å². The van der Waals surface area contributed by atoms with Gasteiger partial charge in [-0.05, 0) is 19.1 Å². The van der Waals surface area contributed by atoms with E-state index in [9.17, 15) is 4.79 Å². The van der Waals surface area contributed by atoms with E-state index >= 15 is 0 Å². The van der Waals surface area contributed by atoms with Crippen LogP contribution in [0.25, 0.3) is 16.4 Å². The molecular weight excluding hydrogens is 286 g/mol. The Morgan fingerprint density at radius 2 is 1.95 bits per heavy atom. The van der Waals surface area contributed by atoms with E-state index in [0.29, 0.717) is 15.8 Å². The Morgan fingerprint density at radius 1 is 1.19 bits per heavy atom. The van der Waals surface area contributed by atoms with Gasteiger partial charge in [-0.1, -0.05) is 29.5 Å². The molecule has 0 radical (unpaired) electrons. The van der Waals surface area contributed by atoms with E-state index < -0.39 is 0 Å². The van der Waals surface area contributed by atoms with Gasteiger partial charge in [-0.25, -0.2) is 4.68 Å². The highest BCUT2D eigenvalue weighted by Crippen LogP contribution is 2.22. The number of benzene rings is 1. The first kappa shape index (κ1) is 13.4. The normalized spacial score (nSPS) is 10.6. The lowest BCUT2D eigenvalue weighted by Gasteiger charge is -2.09. The molecule has 7 heteroatoms. The summed E-state index contributed by atoms with van der Waals surface area (Å²) in [4.78, 5) is 12.2. The van der Waals surface area contributed by atoms with Crippen molar-refractivity contribution in [3.8, 4) is 16.4 Å². The van der Waals surface area contributed by atoms with Crippen LogP contribution in [0.5, 0.6) is 0 Å². The van der Waals surface area contributed by atoms with Crippen molar-refractivity contribution >= 4 is 16.5 Å². The smallest absolute Gasteiger partial charge is 0.210 e. The maximum absolute atomic E-state index is 12.2. The summed E-state index contributed by atoms with van der Waals surface area (Å²) in [5.74, 6) is 0. The molecule has 1 N–H and O–H groups in total. The molecular formula is C14H13N5OS. The fourth-order valence-electron chi connectivity index (χ4n) is 1.95. The molecule has 106 valence electrons. The lowest BCUT2D eigenvalue weighted by molar-refractivity contribution is 0.803. The summed E-state index contributed by atoms with van der Waals surface area (Å²) in [6, 6.07) is 11.2. The second-order valence-electron chi connectivity index (χ2n) is 4.41. The van der Waals surface area contributed by atoms with Gasteiger partial charge in [0.25, 0.3) is 0 Å². The summed E-state index contributed by atoms with van der Waals surface area (Å²) >= 11 is 1.30. The number of para-hydroxylation sites is 1. The zero-order valence-corrected chi connectivity index (χ0v) is 12.4. The predicted molar refractivity (Wildman–Crippen MR) is 83.0 cm³/mol. The Balaban J connectivity index is 2.16. The van der Waals surface area contributed by atoms with Crippen molar-refractivity contribution in [1.82, 2.24) is 20.0 Å². The number of aromatic nitrogens is 4. The number of nitrogens with zero attached hydrogens (tertiary/aromatic N) is 4. The maximum atomic E-state index is 12.2. The highest BCUT2D eigenvalue weighted by atomic mass is 32.1. The summed E-state index contributed by atoms with van der Waals surface area (Å²) in [6.07, 6.45) is 0. The molecule has 0 amide bonds. The number of aryl methyl sites for hydroxylation is 1. The number of anilines is 1. The molecule has 0 aliphatic heterocycles. The van der Waals surface area contributed by atoms with E-state index in [-0.39, 0.29) is 5.43 Å². The molecule has 0 aliphatic carbocycles. The van der Waals surface area contributed by atoms with Crippen LogP contribution in [0.2, 0.25) is 0 Å². The monoisotopic (exact) mass is 299 g/mol. The third kappa shape index (κ3) is 2.55. The minimum atomic E-state index is -0.154. The van der Waals surface area contributed by atoms with Crippen molar-refractivity contribution in [3.05, 3.63) is 52.3 Å². The van der Waals surface area contributed by atoms with Crippen LogP contribution in [0.15, 0.2) is 41.2 Å². The molecule has 0 unspecified atom stereocenters. The van der Waals surface area contributed by atoms with Gasteiger partial charge < -0.3 is 5.32 Å². The van der Waals surface area contributed by atoms with Crippen LogP contribution < -0.4 is 10.7 Å². The Hall–Kier alpha value is -2.54. The number of nitrogens with one attached hydrogen (secondary N) is 1. The Bertz CT molecular complexity index is 825. The Labute approximate surface area is 125 Å². The second kappa shape index (κ2) is 5.45. The molecule has 0 atom stereocenters. The third-order valence-electron chi connectivity index (χ3n) is 2.95. The number of rotatable bonds is 3. The first-order chi connectivity index (χ1) is 10.2. The summed E-state index contributed by atoms with van der Waals surface area (Å²) < 4.78 is 1.73. The van der Waals surface area contributed by atoms with E-state index in [2.05, 4.69) is 20.6 Å². The minimum Gasteiger partial charge on any atom is -0.363 e. The van der Waals surface area contributed by atoms with E-state index in [4.69, 9.17) is 0 Å². The van der Waals surface area contributed by atoms with Crippen LogP contribution in [-0.4, -0.2) is 27.0 Å². The van der Waals surface area contributed by atoms with Crippen molar-refractivity contribution in [2.45, 2.75) is 6.92 Å². The molecule has 6 nitrogen and oxygen atoms in total. The van der Waals surface area contributed by atoms with Gasteiger partial charge in [0.15, 0.2) is 10.7 Å². The highest BCUT2D eigenvalue weighted by molar-refractivity contribution is 7.18. The number of hydrogen-bond donors (Lipinski definition) is 1. The van der Waals surface area contributed by atoms with Crippen molar-refractivity contribution in [2.75, 3.05) is 12.4 Å². The SMILES string of the molecule is CNc1nnc(-c2nn(-c3ccccc3)c(C)cc2=O)s1. The van der Waals surface area contributed by atoms with E-state index in [1.54, 1.807) is 17.8 Å². The molecule has 1 aromatic carbocycles. The Morgan fingerprint density at radius 3 is 2.62 bits per heavy atom. The first-order valence-electron chi connectivity index (χ1n) is 6.37. The average molecular weight is 299 g/mol. The lowest BCUT2D eigenvalue weighted by atomic mass is 10.3. The van der Waals surface area contributed by atoms with E-state index in [1.165, 1.54) is 11.3 Å². The van der Waals surface area contributed by atoms with E-state index in [0.717, 1.165) is 11.4 Å². The second-order valence-corrected chi connectivity index (χ2v) is 5.39. The maximum Gasteiger partial charge on any atom is 0.210 e. The fourth-order valence-corrected chi connectivity index (χ4v) is 2.63. The first-order valence-corrected chi connectivity index (χ1v) is 7.18.